The van der Waals surface area contributed by atoms with Crippen molar-refractivity contribution < 1.29 is 9.18 Å². The summed E-state index contributed by atoms with van der Waals surface area (Å²) in [6.07, 6.45) is 1.99. The molecule has 0 saturated carbocycles. The first-order valence-corrected chi connectivity index (χ1v) is 11.1. The number of carbonyl (C=O) groups excluding carboxylic acids is 1. The van der Waals surface area contributed by atoms with Gasteiger partial charge >= 0.3 is 0 Å². The molecule has 0 aromatic heterocycles. The molecular weight excluding hydrogens is 417 g/mol. The van der Waals surface area contributed by atoms with Gasteiger partial charge in [-0.15, -0.1) is 0 Å². The smallest absolute Gasteiger partial charge is 0.165 e. The molecule has 0 unspecified atom stereocenters. The summed E-state index contributed by atoms with van der Waals surface area (Å²) in [6, 6.07) is 19.3. The fourth-order valence-corrected chi connectivity index (χ4v) is 3.04. The van der Waals surface area contributed by atoms with Crippen LogP contribution in [-0.4, -0.2) is 19.4 Å². The van der Waals surface area contributed by atoms with Gasteiger partial charge in [0.1, 0.15) is 5.82 Å². The Labute approximate surface area is 193 Å². The van der Waals surface area contributed by atoms with Gasteiger partial charge in [-0.1, -0.05) is 13.3 Å². The molecule has 33 heavy (non-hydrogen) atoms. The topological polar surface area (TPSA) is 69.7 Å². The summed E-state index contributed by atoms with van der Waals surface area (Å²) in [4.78, 5) is 14.2. The van der Waals surface area contributed by atoms with Crippen LogP contribution >= 0.6 is 0 Å². The molecule has 0 aliphatic heterocycles. The molecule has 3 aromatic carbocycles. The number of anilines is 1. The van der Waals surface area contributed by atoms with E-state index in [1.54, 1.807) is 30.3 Å². The van der Waals surface area contributed by atoms with Crippen molar-refractivity contribution >= 4 is 34.2 Å². The summed E-state index contributed by atoms with van der Waals surface area (Å²) in [6.45, 7) is 5.03. The molecule has 0 spiro atoms. The van der Waals surface area contributed by atoms with E-state index in [4.69, 9.17) is 0 Å². The first kappa shape index (κ1) is 23.9. The highest BCUT2D eigenvalue weighted by Crippen LogP contribution is 2.25. The van der Waals surface area contributed by atoms with E-state index in [0.29, 0.717) is 23.5 Å². The number of unbranched alkanes of at least 4 members (excludes halogenated alkanes) is 1. The minimum absolute atomic E-state index is 0.101. The lowest BCUT2D eigenvalue weighted by molar-refractivity contribution is 0.0976. The summed E-state index contributed by atoms with van der Waals surface area (Å²) < 4.78 is 14.3. The quantitative estimate of drug-likeness (QED) is 0.232. The van der Waals surface area contributed by atoms with Crippen molar-refractivity contribution in [3.8, 4) is 0 Å². The number of halogens is 1. The molecule has 170 valence electrons. The Morgan fingerprint density at radius 1 is 0.788 bits per heavy atom. The van der Waals surface area contributed by atoms with Crippen molar-refractivity contribution in [2.45, 2.75) is 33.1 Å². The number of hydrogen-bond acceptors (Lipinski definition) is 6. The largest absolute Gasteiger partial charge is 0.375 e. The molecule has 0 aliphatic rings. The molecular formula is C26H28FN5O. The second-order valence-corrected chi connectivity index (χ2v) is 7.64. The van der Waals surface area contributed by atoms with Crippen LogP contribution in [0.3, 0.4) is 0 Å². The van der Waals surface area contributed by atoms with Crippen molar-refractivity contribution in [1.29, 1.82) is 0 Å². The van der Waals surface area contributed by atoms with Gasteiger partial charge in [-0.25, -0.2) is 4.39 Å². The number of azo groups is 2. The van der Waals surface area contributed by atoms with Gasteiger partial charge < -0.3 is 4.90 Å². The van der Waals surface area contributed by atoms with Crippen LogP contribution in [0.15, 0.2) is 87.2 Å². The van der Waals surface area contributed by atoms with Crippen LogP contribution in [0.2, 0.25) is 0 Å². The predicted octanol–water partition coefficient (Wildman–Crippen LogP) is 8.49. The van der Waals surface area contributed by atoms with E-state index in [1.165, 1.54) is 12.1 Å². The number of Topliss-reactive ketones (excluding diaryl/α,β-unsaturated/α-hetero) is 1. The summed E-state index contributed by atoms with van der Waals surface area (Å²) in [5.74, 6) is -0.760. The van der Waals surface area contributed by atoms with E-state index in [9.17, 15) is 9.18 Å². The van der Waals surface area contributed by atoms with Crippen LogP contribution < -0.4 is 4.90 Å². The maximum absolute atomic E-state index is 14.3. The standard InChI is InChI=1S/C26H28FN5O/c1-4-6-7-26(33)24-17-14-22(18-25(24)27)31-30-20-10-8-19(9-11-20)28-29-21-12-15-23(16-13-21)32(3)5-2/h8-18H,4-7H2,1-3H3. The Morgan fingerprint density at radius 3 is 1.76 bits per heavy atom. The molecule has 7 heteroatoms. The monoisotopic (exact) mass is 445 g/mol. The highest BCUT2D eigenvalue weighted by Gasteiger charge is 2.11. The molecule has 0 atom stereocenters. The van der Waals surface area contributed by atoms with Crippen LogP contribution in [0.4, 0.5) is 32.8 Å². The minimum atomic E-state index is -0.572. The maximum Gasteiger partial charge on any atom is 0.165 e. The molecule has 3 aromatic rings. The fourth-order valence-electron chi connectivity index (χ4n) is 3.04. The molecule has 0 saturated heterocycles. The van der Waals surface area contributed by atoms with Crippen LogP contribution in [0.1, 0.15) is 43.5 Å². The molecule has 0 bridgehead atoms. The van der Waals surface area contributed by atoms with E-state index in [0.717, 1.165) is 30.8 Å². The number of carbonyl (C=O) groups is 1. The zero-order chi connectivity index (χ0) is 23.6. The summed E-state index contributed by atoms with van der Waals surface area (Å²) in [7, 11) is 2.04. The van der Waals surface area contributed by atoms with Gasteiger partial charge in [0.05, 0.1) is 28.3 Å². The Hall–Kier alpha value is -3.74. The zero-order valence-corrected chi connectivity index (χ0v) is 19.2. The summed E-state index contributed by atoms with van der Waals surface area (Å²) >= 11 is 0. The minimum Gasteiger partial charge on any atom is -0.375 e. The average Bonchev–Trinajstić information content (AvgIpc) is 2.85. The molecule has 0 heterocycles. The number of hydrogen-bond donors (Lipinski definition) is 0. The van der Waals surface area contributed by atoms with Gasteiger partial charge in [0.15, 0.2) is 5.78 Å². The van der Waals surface area contributed by atoms with Crippen LogP contribution in [0.5, 0.6) is 0 Å². The third-order valence-electron chi connectivity index (χ3n) is 5.19. The van der Waals surface area contributed by atoms with Crippen LogP contribution in [0.25, 0.3) is 0 Å². The molecule has 0 N–H and O–H groups in total. The number of rotatable bonds is 10. The van der Waals surface area contributed by atoms with Crippen molar-refractivity contribution in [1.82, 2.24) is 0 Å². The van der Waals surface area contributed by atoms with Gasteiger partial charge in [-0.05, 0) is 74.0 Å². The Kier molecular flexibility index (Phi) is 8.52. The third kappa shape index (κ3) is 6.87. The normalized spacial score (nSPS) is 11.4. The van der Waals surface area contributed by atoms with Gasteiger partial charge in [0.25, 0.3) is 0 Å². The first-order valence-electron chi connectivity index (χ1n) is 11.1. The van der Waals surface area contributed by atoms with Gasteiger partial charge in [0.2, 0.25) is 0 Å². The third-order valence-corrected chi connectivity index (χ3v) is 5.19. The lowest BCUT2D eigenvalue weighted by Crippen LogP contribution is -2.15. The highest BCUT2D eigenvalue weighted by molar-refractivity contribution is 5.96. The highest BCUT2D eigenvalue weighted by atomic mass is 19.1. The molecule has 0 aliphatic carbocycles. The Balaban J connectivity index is 1.61. The lowest BCUT2D eigenvalue weighted by atomic mass is 10.0. The van der Waals surface area contributed by atoms with Gasteiger partial charge in [-0.2, -0.15) is 20.5 Å². The van der Waals surface area contributed by atoms with E-state index >= 15 is 0 Å². The van der Waals surface area contributed by atoms with Crippen molar-refractivity contribution in [2.24, 2.45) is 20.5 Å². The van der Waals surface area contributed by atoms with E-state index in [1.807, 2.05) is 38.2 Å². The summed E-state index contributed by atoms with van der Waals surface area (Å²) in [5.41, 5.74) is 3.63. The van der Waals surface area contributed by atoms with Crippen molar-refractivity contribution in [2.75, 3.05) is 18.5 Å². The van der Waals surface area contributed by atoms with Gasteiger partial charge in [-0.3, -0.25) is 4.79 Å². The first-order chi connectivity index (χ1) is 16.0. The molecule has 6 nitrogen and oxygen atoms in total. The average molecular weight is 446 g/mol. The molecule has 0 radical (unpaired) electrons. The summed E-state index contributed by atoms with van der Waals surface area (Å²) in [5, 5.41) is 16.7. The Morgan fingerprint density at radius 2 is 1.27 bits per heavy atom. The number of benzene rings is 3. The van der Waals surface area contributed by atoms with E-state index in [2.05, 4.69) is 32.3 Å². The molecule has 3 rings (SSSR count). The Bertz CT molecular complexity index is 1120. The van der Waals surface area contributed by atoms with Crippen LogP contribution in [-0.2, 0) is 0 Å². The van der Waals surface area contributed by atoms with Gasteiger partial charge in [0, 0.05) is 31.8 Å². The second-order valence-electron chi connectivity index (χ2n) is 7.64. The lowest BCUT2D eigenvalue weighted by Gasteiger charge is -2.16. The maximum atomic E-state index is 14.3. The van der Waals surface area contributed by atoms with E-state index < -0.39 is 5.82 Å². The number of nitrogens with zero attached hydrogens (tertiary/aromatic N) is 5. The zero-order valence-electron chi connectivity index (χ0n) is 19.2. The second kappa shape index (κ2) is 11.8. The van der Waals surface area contributed by atoms with E-state index in [-0.39, 0.29) is 11.3 Å². The van der Waals surface area contributed by atoms with Crippen molar-refractivity contribution in [3.05, 3.63) is 78.1 Å². The molecule has 0 fully saturated rings. The fraction of sp³-hybridized carbons (Fsp3) is 0.269. The van der Waals surface area contributed by atoms with Crippen molar-refractivity contribution in [3.63, 3.8) is 0 Å². The SMILES string of the molecule is CCCCC(=O)c1ccc(N=Nc2ccc(N=Nc3ccc(N(C)CC)cc3)cc2)cc1F. The molecule has 0 amide bonds. The van der Waals surface area contributed by atoms with Crippen LogP contribution in [0, 0.1) is 5.82 Å². The predicted molar refractivity (Wildman–Crippen MR) is 130 cm³/mol. The number of ketones is 1.